The van der Waals surface area contributed by atoms with Crippen LogP contribution in [0.2, 0.25) is 10.0 Å². The van der Waals surface area contributed by atoms with E-state index in [-0.39, 0.29) is 22.0 Å². The van der Waals surface area contributed by atoms with E-state index in [1.807, 2.05) is 12.1 Å². The number of hydrogen-bond acceptors (Lipinski definition) is 3. The summed E-state index contributed by atoms with van der Waals surface area (Å²) in [6.45, 7) is -1.14. The van der Waals surface area contributed by atoms with Crippen LogP contribution >= 0.6 is 23.2 Å². The molecule has 1 N–H and O–H groups in total. The molecule has 1 heterocycles. The molecule has 3 aromatic rings. The Morgan fingerprint density at radius 2 is 1.93 bits per heavy atom. The first-order valence-electron chi connectivity index (χ1n) is 8.27. The highest BCUT2D eigenvalue weighted by Crippen LogP contribution is 2.30. The summed E-state index contributed by atoms with van der Waals surface area (Å²) in [5.41, 5.74) is 1.05. The van der Waals surface area contributed by atoms with Crippen LogP contribution in [-0.4, -0.2) is 28.5 Å². The number of rotatable bonds is 6. The van der Waals surface area contributed by atoms with Gasteiger partial charge in [0.25, 0.3) is 5.91 Å². The fourth-order valence-electron chi connectivity index (χ4n) is 2.45. The maximum Gasteiger partial charge on any atom is 0.422 e. The van der Waals surface area contributed by atoms with Gasteiger partial charge in [0.05, 0.1) is 24.0 Å². The largest absolute Gasteiger partial charge is 0.482 e. The second-order valence-electron chi connectivity index (χ2n) is 6.02. The van der Waals surface area contributed by atoms with Gasteiger partial charge >= 0.3 is 6.18 Å². The minimum absolute atomic E-state index is 0.0191. The molecule has 1 aromatic heterocycles. The van der Waals surface area contributed by atoms with Gasteiger partial charge in [-0.2, -0.15) is 18.3 Å². The Morgan fingerprint density at radius 1 is 1.17 bits per heavy atom. The van der Waals surface area contributed by atoms with Crippen molar-refractivity contribution in [1.82, 2.24) is 9.78 Å². The van der Waals surface area contributed by atoms with Crippen molar-refractivity contribution < 1.29 is 22.7 Å². The summed E-state index contributed by atoms with van der Waals surface area (Å²) in [7, 11) is 0. The number of nitrogens with one attached hydrogen (secondary N) is 1. The molecule has 0 aliphatic heterocycles. The molecule has 10 heteroatoms. The number of halogens is 5. The van der Waals surface area contributed by atoms with Crippen LogP contribution in [0.4, 0.5) is 18.9 Å². The van der Waals surface area contributed by atoms with E-state index >= 15 is 0 Å². The Kier molecular flexibility index (Phi) is 6.34. The molecule has 0 saturated heterocycles. The van der Waals surface area contributed by atoms with Gasteiger partial charge in [-0.1, -0.05) is 41.4 Å². The van der Waals surface area contributed by atoms with Crippen LogP contribution in [0.3, 0.4) is 0 Å². The maximum atomic E-state index is 12.5. The van der Waals surface area contributed by atoms with Gasteiger partial charge in [0.1, 0.15) is 5.75 Å². The van der Waals surface area contributed by atoms with Crippen LogP contribution in [0.15, 0.2) is 54.9 Å². The molecule has 5 nitrogen and oxygen atoms in total. The monoisotopic (exact) mass is 443 g/mol. The molecule has 0 aliphatic rings. The summed E-state index contributed by atoms with van der Waals surface area (Å²) < 4.78 is 43.6. The van der Waals surface area contributed by atoms with Crippen molar-refractivity contribution >= 4 is 34.8 Å². The van der Waals surface area contributed by atoms with Crippen molar-refractivity contribution in [1.29, 1.82) is 0 Å². The average molecular weight is 444 g/mol. The van der Waals surface area contributed by atoms with E-state index in [9.17, 15) is 18.0 Å². The normalized spacial score (nSPS) is 11.3. The quantitative estimate of drug-likeness (QED) is 0.552. The van der Waals surface area contributed by atoms with Crippen molar-refractivity contribution in [3.8, 4) is 5.75 Å². The lowest BCUT2D eigenvalue weighted by Crippen LogP contribution is -2.20. The highest BCUT2D eigenvalue weighted by Gasteiger charge is 2.29. The minimum atomic E-state index is -4.51. The SMILES string of the molecule is O=C(Nc1cc(Cl)ccc1OCC(F)(F)F)c1cnn(Cc2ccccc2Cl)c1. The highest BCUT2D eigenvalue weighted by molar-refractivity contribution is 6.31. The van der Waals surface area contributed by atoms with E-state index in [4.69, 9.17) is 27.9 Å². The lowest BCUT2D eigenvalue weighted by molar-refractivity contribution is -0.153. The molecule has 0 fully saturated rings. The van der Waals surface area contributed by atoms with Crippen LogP contribution in [0, 0.1) is 0 Å². The summed E-state index contributed by atoms with van der Waals surface area (Å²) >= 11 is 12.0. The van der Waals surface area contributed by atoms with Crippen molar-refractivity contribution in [3.05, 3.63) is 76.0 Å². The molecule has 0 unspecified atom stereocenters. The number of hydrogen-bond donors (Lipinski definition) is 1. The Balaban J connectivity index is 1.73. The Morgan fingerprint density at radius 3 is 2.66 bits per heavy atom. The van der Waals surface area contributed by atoms with Crippen LogP contribution in [0.5, 0.6) is 5.75 Å². The molecule has 0 atom stereocenters. The third-order valence-corrected chi connectivity index (χ3v) is 4.37. The van der Waals surface area contributed by atoms with Crippen molar-refractivity contribution in [2.75, 3.05) is 11.9 Å². The van der Waals surface area contributed by atoms with Gasteiger partial charge in [-0.25, -0.2) is 0 Å². The predicted octanol–water partition coefficient (Wildman–Crippen LogP) is 5.43. The van der Waals surface area contributed by atoms with Gasteiger partial charge in [-0.3, -0.25) is 9.48 Å². The summed E-state index contributed by atoms with van der Waals surface area (Å²) in [6, 6.07) is 11.1. The number of alkyl halides is 3. The Bertz CT molecular complexity index is 1020. The summed E-state index contributed by atoms with van der Waals surface area (Å²) in [5, 5.41) is 7.41. The molecule has 0 radical (unpaired) electrons. The number of amides is 1. The molecule has 0 aliphatic carbocycles. The Hall–Kier alpha value is -2.71. The molecule has 0 spiro atoms. The van der Waals surface area contributed by atoms with E-state index < -0.39 is 18.7 Å². The first-order valence-corrected chi connectivity index (χ1v) is 9.03. The van der Waals surface area contributed by atoms with Gasteiger partial charge in [0, 0.05) is 16.2 Å². The molecular formula is C19H14Cl2F3N3O2. The fraction of sp³-hybridized carbons (Fsp3) is 0.158. The number of carbonyl (C=O) groups excluding carboxylic acids is 1. The molecule has 2 aromatic carbocycles. The van der Waals surface area contributed by atoms with E-state index in [1.165, 1.54) is 35.3 Å². The Labute approximate surface area is 174 Å². The smallest absolute Gasteiger partial charge is 0.422 e. The summed E-state index contributed by atoms with van der Waals surface area (Å²) in [5.74, 6) is -0.724. The third kappa shape index (κ3) is 5.88. The van der Waals surface area contributed by atoms with E-state index in [2.05, 4.69) is 10.4 Å². The third-order valence-electron chi connectivity index (χ3n) is 3.77. The molecule has 1 amide bonds. The first kappa shape index (κ1) is 21.0. The number of nitrogens with zero attached hydrogens (tertiary/aromatic N) is 2. The highest BCUT2D eigenvalue weighted by atomic mass is 35.5. The lowest BCUT2D eigenvalue weighted by Gasteiger charge is -2.14. The lowest BCUT2D eigenvalue weighted by atomic mass is 10.2. The van der Waals surface area contributed by atoms with Gasteiger partial charge in [-0.05, 0) is 29.8 Å². The minimum Gasteiger partial charge on any atom is -0.482 e. The summed E-state index contributed by atoms with van der Waals surface area (Å²) in [4.78, 5) is 12.5. The molecule has 3 rings (SSSR count). The zero-order chi connectivity index (χ0) is 21.0. The average Bonchev–Trinajstić information content (AvgIpc) is 3.11. The van der Waals surface area contributed by atoms with Gasteiger partial charge in [-0.15, -0.1) is 0 Å². The van der Waals surface area contributed by atoms with E-state index in [1.54, 1.807) is 12.1 Å². The fourth-order valence-corrected chi connectivity index (χ4v) is 2.82. The van der Waals surface area contributed by atoms with Crippen LogP contribution in [-0.2, 0) is 6.54 Å². The second kappa shape index (κ2) is 8.75. The van der Waals surface area contributed by atoms with Gasteiger partial charge in [0.15, 0.2) is 6.61 Å². The number of benzene rings is 2. The van der Waals surface area contributed by atoms with Crippen LogP contribution in [0.1, 0.15) is 15.9 Å². The van der Waals surface area contributed by atoms with E-state index in [0.717, 1.165) is 5.56 Å². The second-order valence-corrected chi connectivity index (χ2v) is 6.86. The zero-order valence-electron chi connectivity index (χ0n) is 14.7. The zero-order valence-corrected chi connectivity index (χ0v) is 16.2. The first-order chi connectivity index (χ1) is 13.7. The molecule has 152 valence electrons. The molecular weight excluding hydrogens is 430 g/mol. The van der Waals surface area contributed by atoms with Crippen LogP contribution < -0.4 is 10.1 Å². The topological polar surface area (TPSA) is 56.1 Å². The van der Waals surface area contributed by atoms with Crippen LogP contribution in [0.25, 0.3) is 0 Å². The predicted molar refractivity (Wildman–Crippen MR) is 104 cm³/mol. The van der Waals surface area contributed by atoms with Crippen molar-refractivity contribution in [2.45, 2.75) is 12.7 Å². The number of carbonyl (C=O) groups is 1. The van der Waals surface area contributed by atoms with Crippen molar-refractivity contribution in [2.24, 2.45) is 0 Å². The maximum absolute atomic E-state index is 12.5. The number of ether oxygens (including phenoxy) is 1. The standard InChI is InChI=1S/C19H14Cl2F3N3O2/c20-14-5-6-17(29-11-19(22,23)24)16(7-14)26-18(28)13-8-25-27(10-13)9-12-3-1-2-4-15(12)21/h1-8,10H,9,11H2,(H,26,28). The molecule has 29 heavy (non-hydrogen) atoms. The van der Waals surface area contributed by atoms with Gasteiger partial charge < -0.3 is 10.1 Å². The number of aromatic nitrogens is 2. The molecule has 0 saturated carbocycles. The van der Waals surface area contributed by atoms with Crippen molar-refractivity contribution in [3.63, 3.8) is 0 Å². The number of anilines is 1. The summed E-state index contributed by atoms with van der Waals surface area (Å²) in [6.07, 6.45) is -1.67. The molecule has 0 bridgehead atoms. The van der Waals surface area contributed by atoms with Gasteiger partial charge in [0.2, 0.25) is 0 Å². The van der Waals surface area contributed by atoms with E-state index in [0.29, 0.717) is 11.6 Å².